The minimum Gasteiger partial charge on any atom is -0.393 e. The Bertz CT molecular complexity index is 211. The average molecular weight is 183 g/mol. The van der Waals surface area contributed by atoms with Crippen molar-refractivity contribution in [3.8, 4) is 0 Å². The van der Waals surface area contributed by atoms with Gasteiger partial charge in [0.25, 0.3) is 0 Å². The number of aliphatic hydroxyl groups is 1. The van der Waals surface area contributed by atoms with E-state index in [0.29, 0.717) is 12.3 Å². The second-order valence-electron chi connectivity index (χ2n) is 4.51. The number of nitrogens with zero attached hydrogens (tertiary/aromatic N) is 1. The van der Waals surface area contributed by atoms with Crippen LogP contribution in [0.15, 0.2) is 0 Å². The Morgan fingerprint density at radius 3 is 2.54 bits per heavy atom. The zero-order chi connectivity index (χ0) is 9.42. The largest absolute Gasteiger partial charge is 0.393 e. The molecule has 13 heavy (non-hydrogen) atoms. The fraction of sp³-hybridized carbons (Fsp3) is 0.900. The Balaban J connectivity index is 1.84. The molecule has 0 aromatic rings. The van der Waals surface area contributed by atoms with Crippen LogP contribution in [0.4, 0.5) is 0 Å². The van der Waals surface area contributed by atoms with Gasteiger partial charge in [0, 0.05) is 19.0 Å². The second kappa shape index (κ2) is 3.29. The molecule has 0 aromatic heterocycles. The van der Waals surface area contributed by atoms with Crippen molar-refractivity contribution in [2.75, 3.05) is 13.1 Å². The lowest BCUT2D eigenvalue weighted by Crippen LogP contribution is -2.50. The Kier molecular flexibility index (Phi) is 2.28. The van der Waals surface area contributed by atoms with Crippen LogP contribution in [0.2, 0.25) is 0 Å². The molecule has 0 bridgehead atoms. The van der Waals surface area contributed by atoms with Crippen molar-refractivity contribution in [3.63, 3.8) is 0 Å². The maximum Gasteiger partial charge on any atom is 0.225 e. The summed E-state index contributed by atoms with van der Waals surface area (Å²) in [6.07, 6.45) is 2.14. The van der Waals surface area contributed by atoms with Gasteiger partial charge in [-0.25, -0.2) is 0 Å². The molecule has 2 aliphatic rings. The number of hydrogen-bond donors (Lipinski definition) is 1. The van der Waals surface area contributed by atoms with Crippen LogP contribution in [0.3, 0.4) is 0 Å². The minimum atomic E-state index is -0.229. The van der Waals surface area contributed by atoms with Gasteiger partial charge < -0.3 is 10.0 Å². The van der Waals surface area contributed by atoms with E-state index in [1.165, 1.54) is 0 Å². The zero-order valence-electron chi connectivity index (χ0n) is 8.07. The summed E-state index contributed by atoms with van der Waals surface area (Å²) in [5.41, 5.74) is 0. The van der Waals surface area contributed by atoms with Gasteiger partial charge in [-0.1, -0.05) is 6.92 Å². The van der Waals surface area contributed by atoms with Crippen LogP contribution in [-0.4, -0.2) is 35.1 Å². The molecular weight excluding hydrogens is 166 g/mol. The topological polar surface area (TPSA) is 40.5 Å². The van der Waals surface area contributed by atoms with Gasteiger partial charge in [0.15, 0.2) is 0 Å². The number of hydrogen-bond acceptors (Lipinski definition) is 2. The van der Waals surface area contributed by atoms with Crippen molar-refractivity contribution in [1.29, 1.82) is 0 Å². The summed E-state index contributed by atoms with van der Waals surface area (Å²) < 4.78 is 0. The molecular formula is C10H17NO2. The van der Waals surface area contributed by atoms with E-state index in [1.54, 1.807) is 0 Å². The summed E-state index contributed by atoms with van der Waals surface area (Å²) in [5, 5.41) is 9.30. The maximum absolute atomic E-state index is 11.7. The lowest BCUT2D eigenvalue weighted by atomic mass is 9.98. The molecule has 1 heterocycles. The molecule has 1 amide bonds. The average Bonchev–Trinajstić information content (AvgIpc) is 2.45. The molecule has 3 nitrogen and oxygen atoms in total. The van der Waals surface area contributed by atoms with Gasteiger partial charge in [-0.3, -0.25) is 4.79 Å². The summed E-state index contributed by atoms with van der Waals surface area (Å²) in [5.74, 6) is 1.06. The lowest BCUT2D eigenvalue weighted by Gasteiger charge is -2.38. The van der Waals surface area contributed by atoms with Crippen molar-refractivity contribution in [3.05, 3.63) is 0 Å². The first-order valence-electron chi connectivity index (χ1n) is 5.13. The SMILES string of the molecule is CC1CN(C(=O)C2CCC(O)C2)C1. The summed E-state index contributed by atoms with van der Waals surface area (Å²) in [4.78, 5) is 13.7. The first-order valence-corrected chi connectivity index (χ1v) is 5.13. The summed E-state index contributed by atoms with van der Waals surface area (Å²) in [6, 6.07) is 0. The quantitative estimate of drug-likeness (QED) is 0.647. The molecule has 3 heteroatoms. The molecule has 1 aliphatic carbocycles. The third-order valence-electron chi connectivity index (χ3n) is 3.13. The predicted molar refractivity (Wildman–Crippen MR) is 49.1 cm³/mol. The van der Waals surface area contributed by atoms with E-state index in [-0.39, 0.29) is 17.9 Å². The van der Waals surface area contributed by atoms with E-state index in [0.717, 1.165) is 25.9 Å². The van der Waals surface area contributed by atoms with Gasteiger partial charge in [0.2, 0.25) is 5.91 Å². The van der Waals surface area contributed by atoms with Crippen LogP contribution in [-0.2, 0) is 4.79 Å². The number of amides is 1. The van der Waals surface area contributed by atoms with Crippen molar-refractivity contribution >= 4 is 5.91 Å². The highest BCUT2D eigenvalue weighted by Gasteiger charge is 2.35. The maximum atomic E-state index is 11.7. The molecule has 0 radical (unpaired) electrons. The van der Waals surface area contributed by atoms with Gasteiger partial charge in [-0.15, -0.1) is 0 Å². The number of carbonyl (C=O) groups is 1. The minimum absolute atomic E-state index is 0.113. The van der Waals surface area contributed by atoms with Gasteiger partial charge in [-0.2, -0.15) is 0 Å². The summed E-state index contributed by atoms with van der Waals surface area (Å²) in [7, 11) is 0. The molecule has 0 spiro atoms. The van der Waals surface area contributed by atoms with Crippen molar-refractivity contribution < 1.29 is 9.90 Å². The highest BCUT2D eigenvalue weighted by Crippen LogP contribution is 2.29. The van der Waals surface area contributed by atoms with E-state index in [1.807, 2.05) is 4.90 Å². The molecule has 2 rings (SSSR count). The molecule has 1 saturated heterocycles. The Morgan fingerprint density at radius 1 is 1.38 bits per heavy atom. The Labute approximate surface area is 78.7 Å². The van der Waals surface area contributed by atoms with E-state index in [4.69, 9.17) is 0 Å². The van der Waals surface area contributed by atoms with Crippen molar-refractivity contribution in [2.24, 2.45) is 11.8 Å². The number of rotatable bonds is 1. The molecule has 1 aliphatic heterocycles. The van der Waals surface area contributed by atoms with Gasteiger partial charge >= 0.3 is 0 Å². The predicted octanol–water partition coefficient (Wildman–Crippen LogP) is 0.626. The summed E-state index contributed by atoms with van der Waals surface area (Å²) >= 11 is 0. The third kappa shape index (κ3) is 1.70. The lowest BCUT2D eigenvalue weighted by molar-refractivity contribution is -0.141. The summed E-state index contributed by atoms with van der Waals surface area (Å²) in [6.45, 7) is 4.00. The molecule has 2 atom stereocenters. The van der Waals surface area contributed by atoms with Crippen molar-refractivity contribution in [1.82, 2.24) is 4.90 Å². The van der Waals surface area contributed by atoms with E-state index >= 15 is 0 Å². The van der Waals surface area contributed by atoms with E-state index < -0.39 is 0 Å². The molecule has 1 N–H and O–H groups in total. The van der Waals surface area contributed by atoms with Gasteiger partial charge in [-0.05, 0) is 25.2 Å². The van der Waals surface area contributed by atoms with Gasteiger partial charge in [0.1, 0.15) is 0 Å². The fourth-order valence-electron chi connectivity index (χ4n) is 2.32. The van der Waals surface area contributed by atoms with Gasteiger partial charge in [0.05, 0.1) is 6.10 Å². The molecule has 1 saturated carbocycles. The Morgan fingerprint density at radius 2 is 2.08 bits per heavy atom. The third-order valence-corrected chi connectivity index (χ3v) is 3.13. The second-order valence-corrected chi connectivity index (χ2v) is 4.51. The first kappa shape index (κ1) is 9.00. The van der Waals surface area contributed by atoms with Crippen molar-refractivity contribution in [2.45, 2.75) is 32.3 Å². The van der Waals surface area contributed by atoms with Crippen LogP contribution in [0.25, 0.3) is 0 Å². The van der Waals surface area contributed by atoms with Crippen LogP contribution in [0, 0.1) is 11.8 Å². The van der Waals surface area contributed by atoms with E-state index in [9.17, 15) is 9.90 Å². The highest BCUT2D eigenvalue weighted by atomic mass is 16.3. The van der Waals surface area contributed by atoms with Crippen LogP contribution < -0.4 is 0 Å². The molecule has 74 valence electrons. The standard InChI is InChI=1S/C10H17NO2/c1-7-5-11(6-7)10(13)8-2-3-9(12)4-8/h7-9,12H,2-6H2,1H3. The molecule has 2 fully saturated rings. The normalized spacial score (nSPS) is 34.8. The molecule has 0 aromatic carbocycles. The highest BCUT2D eigenvalue weighted by molar-refractivity contribution is 5.79. The monoisotopic (exact) mass is 183 g/mol. The Hall–Kier alpha value is -0.570. The zero-order valence-corrected chi connectivity index (χ0v) is 8.07. The fourth-order valence-corrected chi connectivity index (χ4v) is 2.32. The van der Waals surface area contributed by atoms with Crippen LogP contribution >= 0.6 is 0 Å². The van der Waals surface area contributed by atoms with Crippen LogP contribution in [0.5, 0.6) is 0 Å². The number of carbonyl (C=O) groups excluding carboxylic acids is 1. The molecule has 2 unspecified atom stereocenters. The smallest absolute Gasteiger partial charge is 0.225 e. The number of likely N-dealkylation sites (tertiary alicyclic amines) is 1. The number of aliphatic hydroxyl groups excluding tert-OH is 1. The van der Waals surface area contributed by atoms with E-state index in [2.05, 4.69) is 6.92 Å². The van der Waals surface area contributed by atoms with Crippen LogP contribution in [0.1, 0.15) is 26.2 Å². The first-order chi connectivity index (χ1) is 6.16.